The molecular formula is C22H26N2O5. The van der Waals surface area contributed by atoms with Gasteiger partial charge in [0, 0.05) is 11.5 Å². The number of anilines is 1. The number of piperidine rings is 1. The molecule has 3 saturated carbocycles. The first-order valence-electron chi connectivity index (χ1n) is 10.8. The third-order valence-corrected chi connectivity index (χ3v) is 9.28. The molecule has 2 saturated heterocycles. The van der Waals surface area contributed by atoms with Crippen molar-refractivity contribution in [2.24, 2.45) is 5.41 Å². The summed E-state index contributed by atoms with van der Waals surface area (Å²) in [6.07, 6.45) is 5.36. The lowest BCUT2D eigenvalue weighted by Crippen LogP contribution is -2.83. The van der Waals surface area contributed by atoms with E-state index in [4.69, 9.17) is 14.2 Å². The second kappa shape index (κ2) is 4.83. The van der Waals surface area contributed by atoms with Gasteiger partial charge in [-0.3, -0.25) is 4.90 Å². The van der Waals surface area contributed by atoms with Crippen molar-refractivity contribution >= 4 is 11.7 Å². The van der Waals surface area contributed by atoms with E-state index in [-0.39, 0.29) is 17.6 Å². The summed E-state index contributed by atoms with van der Waals surface area (Å²) in [5.74, 6) is 0.944. The number of hydrogen-bond donors (Lipinski definition) is 2. The number of fused-ring (bicyclic) bond motifs is 5. The second-order valence-electron chi connectivity index (χ2n) is 9.91. The van der Waals surface area contributed by atoms with Crippen molar-refractivity contribution in [2.75, 3.05) is 32.3 Å². The molecule has 5 unspecified atom stereocenters. The molecule has 3 aliphatic carbocycles. The van der Waals surface area contributed by atoms with Crippen molar-refractivity contribution < 1.29 is 24.1 Å². The number of nitrogens with zero attached hydrogens (tertiary/aromatic N) is 1. The maximum absolute atomic E-state index is 13.2. The zero-order valence-electron chi connectivity index (χ0n) is 16.6. The van der Waals surface area contributed by atoms with Gasteiger partial charge >= 0.3 is 5.97 Å². The van der Waals surface area contributed by atoms with Crippen molar-refractivity contribution in [1.29, 1.82) is 0 Å². The number of carbonyl (C=O) groups is 1. The molecule has 7 heteroatoms. The number of rotatable bonds is 1. The molecule has 29 heavy (non-hydrogen) atoms. The number of methoxy groups -OCH3 is 1. The lowest BCUT2D eigenvalue weighted by atomic mass is 9.37. The molecular weight excluding hydrogens is 372 g/mol. The van der Waals surface area contributed by atoms with Crippen LogP contribution in [0.25, 0.3) is 0 Å². The van der Waals surface area contributed by atoms with E-state index in [0.717, 1.165) is 62.4 Å². The van der Waals surface area contributed by atoms with Gasteiger partial charge in [0.15, 0.2) is 17.1 Å². The smallest absolute Gasteiger partial charge is 0.340 e. The number of aliphatic hydroxyl groups is 1. The molecule has 7 nitrogen and oxygen atoms in total. The Morgan fingerprint density at radius 1 is 1.24 bits per heavy atom. The molecule has 0 aromatic heterocycles. The fourth-order valence-corrected chi connectivity index (χ4v) is 8.58. The molecule has 5 fully saturated rings. The Morgan fingerprint density at radius 2 is 2.14 bits per heavy atom. The van der Waals surface area contributed by atoms with Crippen molar-refractivity contribution in [1.82, 2.24) is 4.90 Å². The SMILES string of the molecule is COC(=O)C1(O)CC23CCCN4CCC5(c6ccc7c(c6NC15CC2)OCO7)C43. The minimum atomic E-state index is -1.56. The molecule has 154 valence electrons. The van der Waals surface area contributed by atoms with E-state index < -0.39 is 17.1 Å². The number of benzene rings is 1. The average molecular weight is 398 g/mol. The molecule has 4 heterocycles. The maximum Gasteiger partial charge on any atom is 0.340 e. The van der Waals surface area contributed by atoms with Crippen LogP contribution >= 0.6 is 0 Å². The van der Waals surface area contributed by atoms with Gasteiger partial charge in [-0.15, -0.1) is 0 Å². The summed E-state index contributed by atoms with van der Waals surface area (Å²) in [7, 11) is 1.39. The Bertz CT molecular complexity index is 967. The fraction of sp³-hybridized carbons (Fsp3) is 0.682. The average Bonchev–Trinajstić information content (AvgIpc) is 3.43. The number of nitrogens with one attached hydrogen (secondary N) is 1. The van der Waals surface area contributed by atoms with Gasteiger partial charge in [-0.25, -0.2) is 4.79 Å². The predicted molar refractivity (Wildman–Crippen MR) is 103 cm³/mol. The predicted octanol–water partition coefficient (Wildman–Crippen LogP) is 1.77. The van der Waals surface area contributed by atoms with Crippen LogP contribution in [-0.2, 0) is 14.9 Å². The minimum absolute atomic E-state index is 0.0564. The van der Waals surface area contributed by atoms with E-state index in [1.54, 1.807) is 0 Å². The molecule has 2 bridgehead atoms. The van der Waals surface area contributed by atoms with E-state index >= 15 is 0 Å². The highest BCUT2D eigenvalue weighted by molar-refractivity contribution is 5.88. The van der Waals surface area contributed by atoms with Crippen LogP contribution in [-0.4, -0.2) is 60.1 Å². The highest BCUT2D eigenvalue weighted by Gasteiger charge is 2.84. The van der Waals surface area contributed by atoms with Crippen LogP contribution < -0.4 is 14.8 Å². The molecule has 8 rings (SSSR count). The Kier molecular flexibility index (Phi) is 2.80. The van der Waals surface area contributed by atoms with E-state index in [0.29, 0.717) is 12.5 Å². The molecule has 7 aliphatic rings. The van der Waals surface area contributed by atoms with Crippen molar-refractivity contribution in [2.45, 2.75) is 61.1 Å². The van der Waals surface area contributed by atoms with Crippen LogP contribution in [0.5, 0.6) is 11.5 Å². The zero-order valence-corrected chi connectivity index (χ0v) is 16.6. The van der Waals surface area contributed by atoms with Gasteiger partial charge in [-0.2, -0.15) is 0 Å². The van der Waals surface area contributed by atoms with Crippen LogP contribution in [0, 0.1) is 5.41 Å². The molecule has 0 amide bonds. The van der Waals surface area contributed by atoms with E-state index in [1.165, 1.54) is 12.7 Å². The topological polar surface area (TPSA) is 80.3 Å². The van der Waals surface area contributed by atoms with Crippen molar-refractivity contribution in [3.8, 4) is 11.5 Å². The molecule has 3 spiro atoms. The van der Waals surface area contributed by atoms with Gasteiger partial charge in [-0.1, -0.05) is 6.07 Å². The summed E-state index contributed by atoms with van der Waals surface area (Å²) in [5, 5.41) is 15.8. The number of ether oxygens (including phenoxy) is 3. The molecule has 1 aromatic carbocycles. The summed E-state index contributed by atoms with van der Waals surface area (Å²) in [4.78, 5) is 15.8. The van der Waals surface area contributed by atoms with E-state index in [1.807, 2.05) is 6.07 Å². The summed E-state index contributed by atoms with van der Waals surface area (Å²) in [5.41, 5.74) is -0.637. The third kappa shape index (κ3) is 1.50. The van der Waals surface area contributed by atoms with Crippen LogP contribution in [0.1, 0.15) is 44.1 Å². The first-order valence-corrected chi connectivity index (χ1v) is 10.8. The van der Waals surface area contributed by atoms with E-state index in [2.05, 4.69) is 16.3 Å². The lowest BCUT2D eigenvalue weighted by Gasteiger charge is -2.71. The van der Waals surface area contributed by atoms with Crippen molar-refractivity contribution in [3.63, 3.8) is 0 Å². The summed E-state index contributed by atoms with van der Waals surface area (Å²) in [6.45, 7) is 2.30. The van der Waals surface area contributed by atoms with Gasteiger partial charge in [0.1, 0.15) is 0 Å². The van der Waals surface area contributed by atoms with Gasteiger partial charge in [0.2, 0.25) is 6.79 Å². The second-order valence-corrected chi connectivity index (χ2v) is 9.91. The van der Waals surface area contributed by atoms with Gasteiger partial charge in [0.05, 0.1) is 18.3 Å². The molecule has 1 aromatic rings. The minimum Gasteiger partial charge on any atom is -0.467 e. The Balaban J connectivity index is 1.56. The highest BCUT2D eigenvalue weighted by Crippen LogP contribution is 2.76. The number of hydrogen-bond acceptors (Lipinski definition) is 7. The third-order valence-electron chi connectivity index (χ3n) is 9.28. The van der Waals surface area contributed by atoms with E-state index in [9.17, 15) is 9.90 Å². The normalized spacial score (nSPS) is 45.4. The first-order chi connectivity index (χ1) is 14.0. The quantitative estimate of drug-likeness (QED) is 0.698. The fourth-order valence-electron chi connectivity index (χ4n) is 8.58. The van der Waals surface area contributed by atoms with Gasteiger partial charge in [0.25, 0.3) is 0 Å². The van der Waals surface area contributed by atoms with Crippen LogP contribution in [0.4, 0.5) is 5.69 Å². The lowest BCUT2D eigenvalue weighted by molar-refractivity contribution is -0.223. The monoisotopic (exact) mass is 398 g/mol. The Hall–Kier alpha value is -1.99. The standard InChI is InChI=1S/C22H26N2O5/c1-27-18(25)21(26)11-19-5-2-9-24-10-8-20(17(19)24)13-3-4-14-16(29-12-28-14)15(13)23-22(20,21)7-6-19/h3-4,17,23,26H,2,5-12H2,1H3. The summed E-state index contributed by atoms with van der Waals surface area (Å²) >= 11 is 0. The van der Waals surface area contributed by atoms with Crippen LogP contribution in [0.3, 0.4) is 0 Å². The largest absolute Gasteiger partial charge is 0.467 e. The Labute approximate surface area is 169 Å². The number of esters is 1. The Morgan fingerprint density at radius 3 is 3.00 bits per heavy atom. The summed E-state index contributed by atoms with van der Waals surface area (Å²) in [6, 6.07) is 4.47. The van der Waals surface area contributed by atoms with Crippen LogP contribution in [0.15, 0.2) is 12.1 Å². The summed E-state index contributed by atoms with van der Waals surface area (Å²) < 4.78 is 16.7. The molecule has 5 atom stereocenters. The van der Waals surface area contributed by atoms with Crippen LogP contribution in [0.2, 0.25) is 0 Å². The van der Waals surface area contributed by atoms with Gasteiger partial charge in [-0.05, 0) is 68.7 Å². The number of carbonyl (C=O) groups excluding carboxylic acids is 1. The molecule has 2 N–H and O–H groups in total. The maximum atomic E-state index is 13.2. The zero-order chi connectivity index (χ0) is 19.6. The molecule has 0 radical (unpaired) electrons. The van der Waals surface area contributed by atoms with Crippen molar-refractivity contribution in [3.05, 3.63) is 17.7 Å². The highest BCUT2D eigenvalue weighted by atomic mass is 16.7. The first kappa shape index (κ1) is 16.8. The van der Waals surface area contributed by atoms with Gasteiger partial charge < -0.3 is 24.6 Å². The molecule has 4 aliphatic heterocycles.